The quantitative estimate of drug-likeness (QED) is 0.224. The van der Waals surface area contributed by atoms with E-state index < -0.39 is 5.41 Å². The van der Waals surface area contributed by atoms with E-state index in [-0.39, 0.29) is 0 Å². The highest BCUT2D eigenvalue weighted by Gasteiger charge is 2.51. The lowest BCUT2D eigenvalue weighted by Crippen LogP contribution is -2.25. The first-order chi connectivity index (χ1) is 21.1. The van der Waals surface area contributed by atoms with Gasteiger partial charge in [0.15, 0.2) is 17.5 Å². The Bertz CT molecular complexity index is 2110. The predicted molar refractivity (Wildman–Crippen MR) is 170 cm³/mol. The molecule has 204 valence electrons. The Morgan fingerprint density at radius 2 is 0.884 bits per heavy atom. The second-order valence-corrected chi connectivity index (χ2v) is 11.5. The molecule has 9 rings (SSSR count). The van der Waals surface area contributed by atoms with Gasteiger partial charge in [0.2, 0.25) is 0 Å². The highest BCUT2D eigenvalue weighted by atomic mass is 15.1. The summed E-state index contributed by atoms with van der Waals surface area (Å²) >= 11 is 0. The van der Waals surface area contributed by atoms with Crippen LogP contribution in [0.1, 0.15) is 22.3 Å². The minimum absolute atomic E-state index is 0.413. The minimum Gasteiger partial charge on any atom is -0.348 e. The van der Waals surface area contributed by atoms with E-state index in [4.69, 9.17) is 15.0 Å². The van der Waals surface area contributed by atoms with E-state index in [0.29, 0.717) is 17.5 Å². The molecule has 0 aliphatic heterocycles. The van der Waals surface area contributed by atoms with Crippen LogP contribution in [0.2, 0.25) is 0 Å². The van der Waals surface area contributed by atoms with Gasteiger partial charge in [-0.05, 0) is 74.8 Å². The molecule has 0 amide bonds. The number of hydrogen-bond donors (Lipinski definition) is 0. The van der Waals surface area contributed by atoms with Crippen LogP contribution in [0.4, 0.5) is 0 Å². The summed E-state index contributed by atoms with van der Waals surface area (Å²) < 4.78 is 4.10. The molecule has 0 saturated heterocycles. The Labute approximate surface area is 249 Å². The van der Waals surface area contributed by atoms with Gasteiger partial charge in [0.05, 0.1) is 16.8 Å². The molecule has 0 radical (unpaired) electrons. The van der Waals surface area contributed by atoms with Crippen LogP contribution < -0.4 is 0 Å². The van der Waals surface area contributed by atoms with Gasteiger partial charge in [0.25, 0.3) is 0 Å². The molecule has 4 aromatic carbocycles. The largest absolute Gasteiger partial charge is 0.348 e. The number of fused-ring (bicyclic) bond motifs is 10. The van der Waals surface area contributed by atoms with Gasteiger partial charge in [-0.25, -0.2) is 15.0 Å². The summed E-state index contributed by atoms with van der Waals surface area (Å²) in [6.45, 7) is 0. The van der Waals surface area contributed by atoms with E-state index in [1.807, 2.05) is 38.6 Å². The van der Waals surface area contributed by atoms with Crippen LogP contribution in [0.25, 0.3) is 56.7 Å². The second kappa shape index (κ2) is 8.73. The normalized spacial score (nSPS) is 13.5. The molecule has 0 N–H and O–H groups in total. The zero-order valence-corrected chi connectivity index (χ0v) is 23.9. The summed E-state index contributed by atoms with van der Waals surface area (Å²) in [4.78, 5) is 15.1. The number of aromatic nitrogens is 5. The third-order valence-electron chi connectivity index (χ3n) is 9.24. The highest BCUT2D eigenvalue weighted by Crippen LogP contribution is 2.62. The maximum absolute atomic E-state index is 5.07. The lowest BCUT2D eigenvalue weighted by Gasteiger charge is -2.30. The Morgan fingerprint density at radius 1 is 0.442 bits per heavy atom. The molecule has 0 atom stereocenters. The number of benzene rings is 4. The van der Waals surface area contributed by atoms with Crippen molar-refractivity contribution in [2.45, 2.75) is 5.41 Å². The second-order valence-electron chi connectivity index (χ2n) is 11.5. The molecule has 0 saturated carbocycles. The molecule has 5 heteroatoms. The fourth-order valence-electron chi connectivity index (χ4n) is 7.35. The van der Waals surface area contributed by atoms with Gasteiger partial charge in [-0.15, -0.1) is 0 Å². The smallest absolute Gasteiger partial charge is 0.180 e. The topological polar surface area (TPSA) is 48.5 Å². The third-order valence-corrected chi connectivity index (χ3v) is 9.24. The van der Waals surface area contributed by atoms with Crippen molar-refractivity contribution in [1.29, 1.82) is 0 Å². The molecular weight excluding hydrogens is 526 g/mol. The van der Waals surface area contributed by atoms with Gasteiger partial charge in [-0.3, -0.25) is 0 Å². The highest BCUT2D eigenvalue weighted by molar-refractivity contribution is 5.95. The Kier molecular flexibility index (Phi) is 4.89. The molecule has 5 nitrogen and oxygen atoms in total. The lowest BCUT2D eigenvalue weighted by atomic mass is 9.70. The van der Waals surface area contributed by atoms with Crippen molar-refractivity contribution >= 4 is 0 Å². The maximum atomic E-state index is 5.07. The van der Waals surface area contributed by atoms with Crippen LogP contribution in [-0.4, -0.2) is 24.1 Å². The molecule has 1 spiro atoms. The van der Waals surface area contributed by atoms with Crippen molar-refractivity contribution < 1.29 is 0 Å². The van der Waals surface area contributed by atoms with Crippen LogP contribution in [0, 0.1) is 0 Å². The van der Waals surface area contributed by atoms with Crippen LogP contribution >= 0.6 is 0 Å². The molecule has 0 fully saturated rings. The van der Waals surface area contributed by atoms with E-state index in [9.17, 15) is 0 Å². The summed E-state index contributed by atoms with van der Waals surface area (Å²) in [5.41, 5.74) is 12.8. The van der Waals surface area contributed by atoms with Gasteiger partial charge in [0, 0.05) is 32.1 Å². The molecule has 2 aliphatic rings. The summed E-state index contributed by atoms with van der Waals surface area (Å²) in [5.74, 6) is 1.98. The summed E-state index contributed by atoms with van der Waals surface area (Å²) in [5, 5.41) is 0. The molecule has 43 heavy (non-hydrogen) atoms. The average Bonchev–Trinajstić information content (AvgIpc) is 3.82. The molecule has 0 unspecified atom stereocenters. The van der Waals surface area contributed by atoms with Crippen molar-refractivity contribution in [2.24, 2.45) is 14.1 Å². The summed E-state index contributed by atoms with van der Waals surface area (Å²) in [7, 11) is 4.04. The Morgan fingerprint density at radius 3 is 1.35 bits per heavy atom. The standard InChI is InChI=1S/C38H27N5/c1-42-21-9-17-33(42)36-39-35(40-37(41-36)34-18-10-22-43(34)2)24-19-20-28-27-13-5-8-16-31(27)38(32(28)23-24)29-14-6-3-11-25(29)26-12-4-7-15-30(26)38/h3-23H,1-2H3. The summed E-state index contributed by atoms with van der Waals surface area (Å²) in [6.07, 6.45) is 4.04. The van der Waals surface area contributed by atoms with Crippen molar-refractivity contribution in [3.8, 4) is 56.7 Å². The fourth-order valence-corrected chi connectivity index (χ4v) is 7.35. The SMILES string of the molecule is Cn1cccc1-c1nc(-c2ccc3c(c2)C2(c4ccccc4-c4ccccc42)c2ccccc2-3)nc(-c2cccn2C)n1. The van der Waals surface area contributed by atoms with Crippen LogP contribution in [0.5, 0.6) is 0 Å². The number of aryl methyl sites for hydroxylation is 2. The van der Waals surface area contributed by atoms with Gasteiger partial charge >= 0.3 is 0 Å². The molecule has 3 aromatic heterocycles. The number of hydrogen-bond acceptors (Lipinski definition) is 3. The van der Waals surface area contributed by atoms with Crippen LogP contribution in [0.15, 0.2) is 128 Å². The minimum atomic E-state index is -0.413. The summed E-state index contributed by atoms with van der Waals surface area (Å²) in [6, 6.07) is 41.5. The van der Waals surface area contributed by atoms with Crippen molar-refractivity contribution in [2.75, 3.05) is 0 Å². The monoisotopic (exact) mass is 553 g/mol. The predicted octanol–water partition coefficient (Wildman–Crippen LogP) is 7.89. The molecule has 7 aromatic rings. The first-order valence-corrected chi connectivity index (χ1v) is 14.6. The Hall–Kier alpha value is -5.55. The third kappa shape index (κ3) is 3.19. The van der Waals surface area contributed by atoms with Crippen molar-refractivity contribution in [3.63, 3.8) is 0 Å². The van der Waals surface area contributed by atoms with Crippen LogP contribution in [0.3, 0.4) is 0 Å². The van der Waals surface area contributed by atoms with E-state index in [1.165, 1.54) is 44.5 Å². The molecule has 0 bridgehead atoms. The molecule has 3 heterocycles. The van der Waals surface area contributed by atoms with E-state index in [0.717, 1.165) is 17.0 Å². The van der Waals surface area contributed by atoms with Gasteiger partial charge < -0.3 is 9.13 Å². The zero-order valence-electron chi connectivity index (χ0n) is 23.9. The zero-order chi connectivity index (χ0) is 28.7. The van der Waals surface area contributed by atoms with Crippen LogP contribution in [-0.2, 0) is 19.5 Å². The molecule has 2 aliphatic carbocycles. The lowest BCUT2D eigenvalue weighted by molar-refractivity contribution is 0.794. The first kappa shape index (κ1) is 24.1. The van der Waals surface area contributed by atoms with Gasteiger partial charge in [0.1, 0.15) is 0 Å². The fraction of sp³-hybridized carbons (Fsp3) is 0.0789. The molecular formula is C38H27N5. The average molecular weight is 554 g/mol. The maximum Gasteiger partial charge on any atom is 0.180 e. The van der Waals surface area contributed by atoms with E-state index in [1.54, 1.807) is 0 Å². The van der Waals surface area contributed by atoms with Gasteiger partial charge in [-0.2, -0.15) is 0 Å². The number of rotatable bonds is 3. The van der Waals surface area contributed by atoms with Gasteiger partial charge in [-0.1, -0.05) is 84.9 Å². The van der Waals surface area contributed by atoms with Crippen molar-refractivity contribution in [3.05, 3.63) is 150 Å². The Balaban J connectivity index is 1.33. The van der Waals surface area contributed by atoms with E-state index in [2.05, 4.69) is 112 Å². The van der Waals surface area contributed by atoms with E-state index >= 15 is 0 Å². The van der Waals surface area contributed by atoms with Crippen molar-refractivity contribution in [1.82, 2.24) is 24.1 Å². The number of nitrogens with zero attached hydrogens (tertiary/aromatic N) is 5. The first-order valence-electron chi connectivity index (χ1n) is 14.6.